The van der Waals surface area contributed by atoms with Gasteiger partial charge >= 0.3 is 80.3 Å². The van der Waals surface area contributed by atoms with Crippen molar-refractivity contribution in [2.24, 2.45) is 0 Å². The molecule has 0 heterocycles. The van der Waals surface area contributed by atoms with Crippen LogP contribution in [0.1, 0.15) is 0 Å². The molecule has 1 nitrogen and oxygen atoms in total. The summed E-state index contributed by atoms with van der Waals surface area (Å²) in [5, 5.41) is 0. The fourth-order valence-corrected chi connectivity index (χ4v) is 1.07. The van der Waals surface area contributed by atoms with Crippen LogP contribution in [-0.2, 0) is 20.8 Å². The van der Waals surface area contributed by atoms with Crippen LogP contribution in [0.3, 0.4) is 0 Å². The molecule has 0 spiro atoms. The van der Waals surface area contributed by atoms with Gasteiger partial charge in [-0.25, -0.2) is 0 Å². The van der Waals surface area contributed by atoms with E-state index in [1.54, 1.807) is 20.8 Å². The normalized spacial score (nSPS) is 6.92. The maximum atomic E-state index is 4.97. The molecule has 1 rings (SSSR count). The standard InChI is InChI=1S/C6H5IO.3ClH.Ti/c7-5-1-3-6(8)4-2-5;;;;/h1-4,8H;3*1H;/q;;;;+4/p-4. The molecule has 1 aromatic carbocycles. The Morgan fingerprint density at radius 1 is 1.00 bits per heavy atom. The van der Waals surface area contributed by atoms with Crippen LogP contribution in [0, 0.1) is 3.57 Å². The molecule has 0 aliphatic carbocycles. The van der Waals surface area contributed by atoms with E-state index in [4.69, 9.17) is 3.32 Å². The molecule has 0 saturated carbocycles. The Kier molecular flexibility index (Phi) is 16.5. The number of rotatable bonds is 1. The van der Waals surface area contributed by atoms with Gasteiger partial charge in [0.15, 0.2) is 0 Å². The predicted molar refractivity (Wildman–Crippen MR) is 39.8 cm³/mol. The van der Waals surface area contributed by atoms with Crippen LogP contribution in [0.15, 0.2) is 24.3 Å². The van der Waals surface area contributed by atoms with Crippen LogP contribution in [0.25, 0.3) is 0 Å². The predicted octanol–water partition coefficient (Wildman–Crippen LogP) is -6.86. The molecule has 0 aromatic heterocycles. The molecule has 0 fully saturated rings. The summed E-state index contributed by atoms with van der Waals surface area (Å²) in [5.74, 6) is 0.912. The summed E-state index contributed by atoms with van der Waals surface area (Å²) < 4.78 is 6.20. The van der Waals surface area contributed by atoms with Crippen molar-refractivity contribution >= 4 is 22.6 Å². The van der Waals surface area contributed by atoms with E-state index in [-0.39, 0.29) is 37.2 Å². The molecule has 0 unspecified atom stereocenters. The Balaban J connectivity index is -0.000000270. The fraction of sp³-hybridized carbons (Fsp3) is 0. The van der Waals surface area contributed by atoms with E-state index in [0.717, 1.165) is 5.75 Å². The molecule has 0 saturated heterocycles. The monoisotopic (exact) mass is 372 g/mol. The van der Waals surface area contributed by atoms with Gasteiger partial charge in [-0.1, -0.05) is 0 Å². The molecule has 12 heavy (non-hydrogen) atoms. The van der Waals surface area contributed by atoms with Gasteiger partial charge in [-0.3, -0.25) is 0 Å². The molecule has 0 N–H and O–H groups in total. The van der Waals surface area contributed by atoms with E-state index < -0.39 is 0 Å². The molecule has 0 aliphatic heterocycles. The van der Waals surface area contributed by atoms with Crippen molar-refractivity contribution in [1.29, 1.82) is 0 Å². The number of hydrogen-bond acceptors (Lipinski definition) is 1. The Morgan fingerprint density at radius 2 is 1.42 bits per heavy atom. The second-order valence-corrected chi connectivity index (χ2v) is 3.12. The Morgan fingerprint density at radius 3 is 1.75 bits per heavy atom. The van der Waals surface area contributed by atoms with E-state index in [1.807, 2.05) is 24.3 Å². The number of halogens is 4. The first-order valence-corrected chi connectivity index (χ1v) is 4.13. The minimum absolute atomic E-state index is 0. The third-order valence-corrected chi connectivity index (χ3v) is 2.02. The van der Waals surface area contributed by atoms with Gasteiger partial charge in [0.1, 0.15) is 0 Å². The van der Waals surface area contributed by atoms with Crippen LogP contribution in [-0.4, -0.2) is 0 Å². The molecule has 66 valence electrons. The average Bonchev–Trinajstić information content (AvgIpc) is 1.90. The number of hydrogen-bond donors (Lipinski definition) is 0. The zero-order chi connectivity index (χ0) is 6.69. The Labute approximate surface area is 116 Å². The average molecular weight is 373 g/mol. The summed E-state index contributed by atoms with van der Waals surface area (Å²) in [6, 6.07) is 7.92. The van der Waals surface area contributed by atoms with Crippen molar-refractivity contribution in [3.05, 3.63) is 27.8 Å². The molecular formula is C6H4Cl3IOTi. The van der Waals surface area contributed by atoms with Crippen LogP contribution < -0.4 is 40.5 Å². The molecular weight excluding hydrogens is 369 g/mol. The van der Waals surface area contributed by atoms with Crippen molar-refractivity contribution in [2.75, 3.05) is 0 Å². The molecule has 0 aliphatic rings. The Bertz CT molecular complexity index is 194. The number of benzene rings is 1. The van der Waals surface area contributed by atoms with Crippen molar-refractivity contribution in [3.8, 4) is 5.75 Å². The van der Waals surface area contributed by atoms with Gasteiger partial charge in [0.2, 0.25) is 0 Å². The van der Waals surface area contributed by atoms with Gasteiger partial charge in [-0.2, -0.15) is 0 Å². The van der Waals surface area contributed by atoms with Gasteiger partial charge in [0.05, 0.1) is 0 Å². The van der Waals surface area contributed by atoms with Crippen LogP contribution in [0.2, 0.25) is 0 Å². The Hall–Kier alpha value is 1.33. The van der Waals surface area contributed by atoms with Crippen molar-refractivity contribution in [3.63, 3.8) is 0 Å². The maximum absolute atomic E-state index is 4.97. The first-order chi connectivity index (χ1) is 4.33. The minimum atomic E-state index is 0. The second-order valence-electron chi connectivity index (χ2n) is 1.56. The van der Waals surface area contributed by atoms with Crippen LogP contribution in [0.4, 0.5) is 0 Å². The fourth-order valence-electron chi connectivity index (χ4n) is 0.503. The summed E-state index contributed by atoms with van der Waals surface area (Å²) >= 11 is 3.93. The topological polar surface area (TPSA) is 9.23 Å². The summed E-state index contributed by atoms with van der Waals surface area (Å²) in [4.78, 5) is 0. The van der Waals surface area contributed by atoms with Crippen LogP contribution in [0.5, 0.6) is 5.75 Å². The van der Waals surface area contributed by atoms with E-state index in [2.05, 4.69) is 22.6 Å². The second kappa shape index (κ2) is 10.4. The third-order valence-electron chi connectivity index (χ3n) is 0.931. The van der Waals surface area contributed by atoms with Crippen LogP contribution >= 0.6 is 22.6 Å². The van der Waals surface area contributed by atoms with Gasteiger partial charge < -0.3 is 37.2 Å². The van der Waals surface area contributed by atoms with Gasteiger partial charge in [0, 0.05) is 0 Å². The molecule has 1 aromatic rings. The van der Waals surface area contributed by atoms with E-state index in [1.165, 1.54) is 3.57 Å². The van der Waals surface area contributed by atoms with E-state index >= 15 is 0 Å². The summed E-state index contributed by atoms with van der Waals surface area (Å²) in [6.07, 6.45) is 0. The zero-order valence-corrected chi connectivity index (χ0v) is 11.7. The SMILES string of the molecule is [Cl-].[Cl-].[Cl-].[Ti+3][O]c1ccc(I)cc1. The van der Waals surface area contributed by atoms with Gasteiger partial charge in [-0.15, -0.1) is 0 Å². The third kappa shape index (κ3) is 6.81. The molecule has 0 atom stereocenters. The zero-order valence-electron chi connectivity index (χ0n) is 5.73. The van der Waals surface area contributed by atoms with E-state index in [9.17, 15) is 0 Å². The molecule has 6 heteroatoms. The van der Waals surface area contributed by atoms with Crippen molar-refractivity contribution < 1.29 is 61.4 Å². The molecule has 0 radical (unpaired) electrons. The summed E-state index contributed by atoms with van der Waals surface area (Å²) in [6.45, 7) is 0. The first-order valence-electron chi connectivity index (χ1n) is 2.42. The van der Waals surface area contributed by atoms with Crippen molar-refractivity contribution in [1.82, 2.24) is 0 Å². The van der Waals surface area contributed by atoms with Gasteiger partial charge in [0.25, 0.3) is 0 Å². The summed E-state index contributed by atoms with van der Waals surface area (Å²) in [7, 11) is 0. The molecule has 0 bridgehead atoms. The quantitative estimate of drug-likeness (QED) is 0.352. The summed E-state index contributed by atoms with van der Waals surface area (Å²) in [5.41, 5.74) is 0. The van der Waals surface area contributed by atoms with Crippen molar-refractivity contribution in [2.45, 2.75) is 0 Å². The first kappa shape index (κ1) is 19.0. The molecule has 0 amide bonds. The van der Waals surface area contributed by atoms with E-state index in [0.29, 0.717) is 0 Å². The van der Waals surface area contributed by atoms with Gasteiger partial charge in [-0.05, 0) is 0 Å².